The van der Waals surface area contributed by atoms with Gasteiger partial charge in [-0.1, -0.05) is 11.3 Å². The van der Waals surface area contributed by atoms with Crippen LogP contribution in [0.4, 0.5) is 22.8 Å². The van der Waals surface area contributed by atoms with Crippen molar-refractivity contribution < 1.29 is 9.59 Å². The monoisotopic (exact) mass is 439 g/mol. The Balaban J connectivity index is 1.45. The minimum Gasteiger partial charge on any atom is -0.364 e. The third-order valence-corrected chi connectivity index (χ3v) is 5.47. The first-order chi connectivity index (χ1) is 15.1. The van der Waals surface area contributed by atoms with Crippen LogP contribution in [-0.4, -0.2) is 59.2 Å². The average Bonchev–Trinajstić information content (AvgIpc) is 3.53. The summed E-state index contributed by atoms with van der Waals surface area (Å²) in [6.07, 6.45) is 3.30. The van der Waals surface area contributed by atoms with Crippen molar-refractivity contribution in [2.24, 2.45) is 5.73 Å². The third kappa shape index (κ3) is 3.63. The number of hydrogen-bond acceptors (Lipinski definition) is 10. The van der Waals surface area contributed by atoms with E-state index in [1.807, 2.05) is 17.0 Å². The normalized spacial score (nSPS) is 16.0. The van der Waals surface area contributed by atoms with Gasteiger partial charge in [-0.05, 0) is 25.0 Å². The van der Waals surface area contributed by atoms with Crippen molar-refractivity contribution in [1.82, 2.24) is 34.8 Å². The van der Waals surface area contributed by atoms with Crippen LogP contribution < -0.4 is 21.3 Å². The number of aromatic amines is 1. The molecule has 14 heteroatoms. The number of anilines is 4. The standard InChI is InChI=1S/C17H17N11O2S/c18-13(29)9-7-11(25-24-9)20-15-23-16(21-12-4-2-6-28(12)15)27-5-1-3-10(27)14(30)22-17-26-19-8-31-17/h2,4,6-8,10H,1,3,5H2,(H2,18,29)(H,22,26,30)(H2,20,21,23,24,25). The largest absolute Gasteiger partial charge is 0.364 e. The van der Waals surface area contributed by atoms with Crippen molar-refractivity contribution in [2.45, 2.75) is 18.9 Å². The predicted molar refractivity (Wildman–Crippen MR) is 112 cm³/mol. The van der Waals surface area contributed by atoms with Crippen LogP contribution in [0.1, 0.15) is 23.3 Å². The minimum absolute atomic E-state index is 0.175. The Morgan fingerprint density at radius 3 is 3.00 bits per heavy atom. The van der Waals surface area contributed by atoms with Gasteiger partial charge >= 0.3 is 0 Å². The summed E-state index contributed by atoms with van der Waals surface area (Å²) in [5.41, 5.74) is 7.65. The second kappa shape index (κ2) is 7.64. The molecule has 31 heavy (non-hydrogen) atoms. The highest BCUT2D eigenvalue weighted by atomic mass is 32.1. The number of nitrogens with zero attached hydrogens (tertiary/aromatic N) is 7. The van der Waals surface area contributed by atoms with Crippen LogP contribution in [0, 0.1) is 0 Å². The number of hydrogen-bond donors (Lipinski definition) is 4. The SMILES string of the molecule is NC(=O)c1cc(Nc2nc(N3CCCC3C(=O)Nc3nncs3)nc3cccn23)n[nH]1. The van der Waals surface area contributed by atoms with Gasteiger partial charge in [0.2, 0.25) is 22.9 Å². The fraction of sp³-hybridized carbons (Fsp3) is 0.235. The van der Waals surface area contributed by atoms with Crippen molar-refractivity contribution in [3.8, 4) is 0 Å². The van der Waals surface area contributed by atoms with Crippen molar-refractivity contribution in [3.05, 3.63) is 35.6 Å². The molecule has 1 fully saturated rings. The molecule has 2 amide bonds. The van der Waals surface area contributed by atoms with E-state index in [9.17, 15) is 9.59 Å². The van der Waals surface area contributed by atoms with Gasteiger partial charge in [0.1, 0.15) is 22.9 Å². The molecular weight excluding hydrogens is 422 g/mol. The van der Waals surface area contributed by atoms with Gasteiger partial charge in [-0.25, -0.2) is 0 Å². The van der Waals surface area contributed by atoms with Gasteiger partial charge in [-0.2, -0.15) is 15.1 Å². The molecule has 4 aromatic heterocycles. The topological polar surface area (TPSA) is 172 Å². The number of carbonyl (C=O) groups excluding carboxylic acids is 2. The Kier molecular flexibility index (Phi) is 4.66. The van der Waals surface area contributed by atoms with Gasteiger partial charge in [-0.3, -0.25) is 24.4 Å². The molecule has 1 unspecified atom stereocenters. The van der Waals surface area contributed by atoms with Crippen LogP contribution >= 0.6 is 11.3 Å². The zero-order chi connectivity index (χ0) is 21.4. The summed E-state index contributed by atoms with van der Waals surface area (Å²) in [5.74, 6) is 0.426. The molecule has 0 bridgehead atoms. The van der Waals surface area contributed by atoms with Crippen LogP contribution in [0.15, 0.2) is 29.9 Å². The third-order valence-electron chi connectivity index (χ3n) is 4.86. The lowest BCUT2D eigenvalue weighted by atomic mass is 10.2. The Labute approximate surface area is 178 Å². The van der Waals surface area contributed by atoms with Gasteiger partial charge in [0.25, 0.3) is 5.91 Å². The van der Waals surface area contributed by atoms with Gasteiger partial charge in [0.05, 0.1) is 0 Å². The molecule has 1 aliphatic heterocycles. The summed E-state index contributed by atoms with van der Waals surface area (Å²) in [5, 5.41) is 20.5. The Hall–Kier alpha value is -4.07. The van der Waals surface area contributed by atoms with Gasteiger partial charge in [-0.15, -0.1) is 10.2 Å². The zero-order valence-electron chi connectivity index (χ0n) is 16.0. The number of carbonyl (C=O) groups is 2. The number of rotatable bonds is 6. The van der Waals surface area contributed by atoms with Crippen molar-refractivity contribution in [2.75, 3.05) is 22.1 Å². The molecule has 5 N–H and O–H groups in total. The molecule has 4 aromatic rings. The molecule has 1 atom stereocenters. The molecule has 0 radical (unpaired) electrons. The molecule has 0 saturated carbocycles. The Morgan fingerprint density at radius 2 is 2.23 bits per heavy atom. The molecule has 0 aliphatic carbocycles. The number of fused-ring (bicyclic) bond motifs is 1. The lowest BCUT2D eigenvalue weighted by Crippen LogP contribution is -2.40. The van der Waals surface area contributed by atoms with E-state index < -0.39 is 11.9 Å². The molecule has 5 heterocycles. The number of aromatic nitrogens is 7. The quantitative estimate of drug-likeness (QED) is 0.338. The molecule has 0 aromatic carbocycles. The second-order valence-corrected chi connectivity index (χ2v) is 7.66. The van der Waals surface area contributed by atoms with E-state index in [0.29, 0.717) is 41.5 Å². The maximum atomic E-state index is 12.8. The molecule has 5 rings (SSSR count). The van der Waals surface area contributed by atoms with E-state index in [-0.39, 0.29) is 11.6 Å². The smallest absolute Gasteiger partial charge is 0.266 e. The van der Waals surface area contributed by atoms with E-state index >= 15 is 0 Å². The fourth-order valence-electron chi connectivity index (χ4n) is 3.46. The molecule has 13 nitrogen and oxygen atoms in total. The second-order valence-electron chi connectivity index (χ2n) is 6.82. The van der Waals surface area contributed by atoms with Gasteiger partial charge < -0.3 is 16.0 Å². The highest BCUT2D eigenvalue weighted by molar-refractivity contribution is 7.13. The minimum atomic E-state index is -0.614. The van der Waals surface area contributed by atoms with E-state index in [0.717, 1.165) is 6.42 Å². The van der Waals surface area contributed by atoms with Crippen molar-refractivity contribution >= 4 is 51.6 Å². The molecule has 1 saturated heterocycles. The van der Waals surface area contributed by atoms with Crippen molar-refractivity contribution in [1.29, 1.82) is 0 Å². The highest BCUT2D eigenvalue weighted by Crippen LogP contribution is 2.26. The first-order valence-electron chi connectivity index (χ1n) is 9.39. The lowest BCUT2D eigenvalue weighted by Gasteiger charge is -2.24. The number of H-pyrrole nitrogens is 1. The molecule has 158 valence electrons. The molecular formula is C17H17N11O2S. The predicted octanol–water partition coefficient (Wildman–Crippen LogP) is 0.754. The summed E-state index contributed by atoms with van der Waals surface area (Å²) in [4.78, 5) is 35.2. The van der Waals surface area contributed by atoms with Crippen LogP contribution in [0.3, 0.4) is 0 Å². The first-order valence-corrected chi connectivity index (χ1v) is 10.3. The summed E-state index contributed by atoms with van der Waals surface area (Å²) in [6.45, 7) is 0.638. The Bertz CT molecular complexity index is 1250. The van der Waals surface area contributed by atoms with E-state index in [4.69, 9.17) is 5.73 Å². The summed E-state index contributed by atoms with van der Waals surface area (Å²) >= 11 is 1.26. The fourth-order valence-corrected chi connectivity index (χ4v) is 3.90. The molecule has 0 spiro atoms. The van der Waals surface area contributed by atoms with Gasteiger partial charge in [0.15, 0.2) is 5.82 Å². The average molecular weight is 439 g/mol. The zero-order valence-corrected chi connectivity index (χ0v) is 16.8. The number of amides is 2. The lowest BCUT2D eigenvalue weighted by molar-refractivity contribution is -0.117. The van der Waals surface area contributed by atoms with E-state index in [1.165, 1.54) is 17.4 Å². The summed E-state index contributed by atoms with van der Waals surface area (Å²) in [7, 11) is 0. The van der Waals surface area contributed by atoms with Crippen LogP contribution in [-0.2, 0) is 4.79 Å². The summed E-state index contributed by atoms with van der Waals surface area (Å²) in [6, 6.07) is 4.73. The number of nitrogens with two attached hydrogens (primary N) is 1. The maximum Gasteiger partial charge on any atom is 0.266 e. The van der Waals surface area contributed by atoms with E-state index in [2.05, 4.69) is 41.0 Å². The first kappa shape index (κ1) is 18.9. The summed E-state index contributed by atoms with van der Waals surface area (Å²) < 4.78 is 1.74. The van der Waals surface area contributed by atoms with Crippen LogP contribution in [0.25, 0.3) is 5.65 Å². The van der Waals surface area contributed by atoms with E-state index in [1.54, 1.807) is 16.1 Å². The highest BCUT2D eigenvalue weighted by Gasteiger charge is 2.33. The number of nitrogens with one attached hydrogen (secondary N) is 3. The van der Waals surface area contributed by atoms with Crippen LogP contribution in [0.2, 0.25) is 0 Å². The Morgan fingerprint density at radius 1 is 1.32 bits per heavy atom. The molecule has 1 aliphatic rings. The van der Waals surface area contributed by atoms with Gasteiger partial charge in [0, 0.05) is 18.8 Å². The van der Waals surface area contributed by atoms with Crippen molar-refractivity contribution in [3.63, 3.8) is 0 Å². The maximum absolute atomic E-state index is 12.8. The van der Waals surface area contributed by atoms with Crippen LogP contribution in [0.5, 0.6) is 0 Å². The number of primary amides is 1.